The summed E-state index contributed by atoms with van der Waals surface area (Å²) in [4.78, 5) is 31.6. The maximum absolute atomic E-state index is 13.0. The molecule has 1 saturated heterocycles. The molecule has 0 radical (unpaired) electrons. The normalized spacial score (nSPS) is 14.2. The highest BCUT2D eigenvalue weighted by atomic mass is 16.2. The quantitative estimate of drug-likeness (QED) is 0.670. The van der Waals surface area contributed by atoms with Gasteiger partial charge in [0.05, 0.1) is 0 Å². The molecule has 1 fully saturated rings. The van der Waals surface area contributed by atoms with E-state index < -0.39 is 0 Å². The second kappa shape index (κ2) is 12.2. The molecule has 3 rings (SSSR count). The molecule has 0 aromatic heterocycles. The predicted octanol–water partition coefficient (Wildman–Crippen LogP) is 4.34. The molecule has 6 heteroatoms. The van der Waals surface area contributed by atoms with E-state index in [1.54, 1.807) is 0 Å². The van der Waals surface area contributed by atoms with Crippen LogP contribution in [0.15, 0.2) is 54.6 Å². The number of benzene rings is 2. The lowest BCUT2D eigenvalue weighted by molar-refractivity contribution is 0.0761. The predicted molar refractivity (Wildman–Crippen MR) is 130 cm³/mol. The van der Waals surface area contributed by atoms with Crippen LogP contribution in [0.25, 0.3) is 0 Å². The minimum atomic E-state index is -0.116. The average Bonchev–Trinajstić information content (AvgIpc) is 3.09. The number of rotatable bonds is 8. The first-order valence-corrected chi connectivity index (χ1v) is 11.7. The van der Waals surface area contributed by atoms with Gasteiger partial charge in [-0.1, -0.05) is 43.2 Å². The smallest absolute Gasteiger partial charge is 0.321 e. The Bertz CT molecular complexity index is 844. The van der Waals surface area contributed by atoms with Gasteiger partial charge in [0.15, 0.2) is 0 Å². The fraction of sp³-hybridized carbons (Fsp3) is 0.462. The molecule has 6 nitrogen and oxygen atoms in total. The molecular weight excluding hydrogens is 400 g/mol. The molecule has 0 spiro atoms. The Hall–Kier alpha value is -2.86. The molecule has 3 amide bonds. The van der Waals surface area contributed by atoms with E-state index in [-0.39, 0.29) is 11.9 Å². The largest absolute Gasteiger partial charge is 0.339 e. The summed E-state index contributed by atoms with van der Waals surface area (Å²) in [7, 11) is 4.01. The minimum Gasteiger partial charge on any atom is -0.339 e. The Kier molecular flexibility index (Phi) is 9.11. The number of carbonyl (C=O) groups is 2. The van der Waals surface area contributed by atoms with Crippen molar-refractivity contribution in [3.05, 3.63) is 65.7 Å². The van der Waals surface area contributed by atoms with E-state index in [4.69, 9.17) is 0 Å². The van der Waals surface area contributed by atoms with Crippen LogP contribution in [0.2, 0.25) is 0 Å². The number of likely N-dealkylation sites (tertiary alicyclic amines) is 1. The van der Waals surface area contributed by atoms with Crippen LogP contribution in [0, 0.1) is 0 Å². The van der Waals surface area contributed by atoms with Gasteiger partial charge in [0.1, 0.15) is 0 Å². The Morgan fingerprint density at radius 3 is 2.12 bits per heavy atom. The minimum absolute atomic E-state index is 0.0836. The van der Waals surface area contributed by atoms with Gasteiger partial charge in [0.2, 0.25) is 0 Å². The van der Waals surface area contributed by atoms with Crippen LogP contribution in [0.4, 0.5) is 10.5 Å². The summed E-state index contributed by atoms with van der Waals surface area (Å²) in [6.45, 7) is 3.76. The molecule has 0 aliphatic carbocycles. The topological polar surface area (TPSA) is 55.9 Å². The number of carbonyl (C=O) groups excluding carboxylic acids is 2. The first kappa shape index (κ1) is 23.8. The van der Waals surface area contributed by atoms with Gasteiger partial charge in [-0.15, -0.1) is 0 Å². The number of hydrogen-bond donors (Lipinski definition) is 1. The summed E-state index contributed by atoms with van der Waals surface area (Å²) in [6, 6.07) is 17.4. The number of nitrogens with one attached hydrogen (secondary N) is 1. The van der Waals surface area contributed by atoms with Crippen molar-refractivity contribution in [3.8, 4) is 0 Å². The fourth-order valence-electron chi connectivity index (χ4n) is 3.90. The van der Waals surface area contributed by atoms with E-state index in [0.29, 0.717) is 24.3 Å². The van der Waals surface area contributed by atoms with Crippen molar-refractivity contribution in [1.82, 2.24) is 14.7 Å². The maximum atomic E-state index is 13.0. The number of hydrogen-bond acceptors (Lipinski definition) is 3. The molecule has 1 aliphatic rings. The second-order valence-electron chi connectivity index (χ2n) is 8.74. The van der Waals surface area contributed by atoms with Gasteiger partial charge in [0, 0.05) is 44.0 Å². The van der Waals surface area contributed by atoms with Crippen LogP contribution in [-0.2, 0) is 6.42 Å². The van der Waals surface area contributed by atoms with E-state index in [1.165, 1.54) is 18.4 Å². The van der Waals surface area contributed by atoms with Crippen molar-refractivity contribution in [2.45, 2.75) is 32.1 Å². The molecule has 2 aromatic carbocycles. The van der Waals surface area contributed by atoms with E-state index >= 15 is 0 Å². The summed E-state index contributed by atoms with van der Waals surface area (Å²) in [5.41, 5.74) is 2.60. The summed E-state index contributed by atoms with van der Waals surface area (Å²) < 4.78 is 0. The van der Waals surface area contributed by atoms with Gasteiger partial charge in [-0.3, -0.25) is 4.79 Å². The van der Waals surface area contributed by atoms with Crippen molar-refractivity contribution >= 4 is 17.6 Å². The SMILES string of the molecule is CN(C)CCN(CCc1ccccc1)C(=O)Nc1ccc(C(=O)N2CCCCCC2)cc1. The highest BCUT2D eigenvalue weighted by molar-refractivity contribution is 5.95. The Morgan fingerprint density at radius 1 is 0.844 bits per heavy atom. The summed E-state index contributed by atoms with van der Waals surface area (Å²) in [5.74, 6) is 0.0836. The van der Waals surface area contributed by atoms with E-state index in [9.17, 15) is 9.59 Å². The summed E-state index contributed by atoms with van der Waals surface area (Å²) in [5, 5.41) is 3.00. The van der Waals surface area contributed by atoms with Gasteiger partial charge in [-0.25, -0.2) is 4.79 Å². The number of amides is 3. The molecule has 1 aliphatic heterocycles. The number of nitrogens with zero attached hydrogens (tertiary/aromatic N) is 3. The zero-order valence-electron chi connectivity index (χ0n) is 19.4. The summed E-state index contributed by atoms with van der Waals surface area (Å²) >= 11 is 0. The van der Waals surface area contributed by atoms with Crippen molar-refractivity contribution in [2.75, 3.05) is 52.1 Å². The molecule has 172 valence electrons. The molecule has 0 bridgehead atoms. The fourth-order valence-corrected chi connectivity index (χ4v) is 3.90. The molecule has 32 heavy (non-hydrogen) atoms. The maximum Gasteiger partial charge on any atom is 0.321 e. The molecule has 2 aromatic rings. The molecule has 1 heterocycles. The second-order valence-corrected chi connectivity index (χ2v) is 8.74. The highest BCUT2D eigenvalue weighted by Gasteiger charge is 2.18. The van der Waals surface area contributed by atoms with E-state index in [0.717, 1.165) is 38.9 Å². The van der Waals surface area contributed by atoms with Crippen LogP contribution < -0.4 is 5.32 Å². The van der Waals surface area contributed by atoms with Crippen LogP contribution in [0.1, 0.15) is 41.6 Å². The zero-order valence-corrected chi connectivity index (χ0v) is 19.4. The van der Waals surface area contributed by atoms with E-state index in [2.05, 4.69) is 22.3 Å². The third-order valence-corrected chi connectivity index (χ3v) is 5.89. The average molecular weight is 437 g/mol. The lowest BCUT2D eigenvalue weighted by atomic mass is 10.1. The van der Waals surface area contributed by atoms with Crippen LogP contribution in [-0.4, -0.2) is 73.5 Å². The molecule has 0 atom stereocenters. The third-order valence-electron chi connectivity index (χ3n) is 5.89. The van der Waals surface area contributed by atoms with Gasteiger partial charge in [0.25, 0.3) is 5.91 Å². The molecule has 0 unspecified atom stereocenters. The zero-order chi connectivity index (χ0) is 22.8. The van der Waals surface area contributed by atoms with Crippen LogP contribution in [0.5, 0.6) is 0 Å². The van der Waals surface area contributed by atoms with Crippen LogP contribution >= 0.6 is 0 Å². The number of urea groups is 1. The monoisotopic (exact) mass is 436 g/mol. The Morgan fingerprint density at radius 2 is 1.50 bits per heavy atom. The molecule has 0 saturated carbocycles. The first-order chi connectivity index (χ1) is 15.5. The van der Waals surface area contributed by atoms with Crippen molar-refractivity contribution in [3.63, 3.8) is 0 Å². The van der Waals surface area contributed by atoms with E-state index in [1.807, 2.05) is 66.4 Å². The third kappa shape index (κ3) is 7.38. The van der Waals surface area contributed by atoms with Gasteiger partial charge >= 0.3 is 6.03 Å². The lowest BCUT2D eigenvalue weighted by Crippen LogP contribution is -2.40. The number of likely N-dealkylation sites (N-methyl/N-ethyl adjacent to an activating group) is 1. The van der Waals surface area contributed by atoms with Crippen LogP contribution in [0.3, 0.4) is 0 Å². The van der Waals surface area contributed by atoms with Gasteiger partial charge in [-0.2, -0.15) is 0 Å². The van der Waals surface area contributed by atoms with Crippen molar-refractivity contribution in [1.29, 1.82) is 0 Å². The Labute approximate surface area is 192 Å². The van der Waals surface area contributed by atoms with Gasteiger partial charge in [-0.05, 0) is 63.2 Å². The van der Waals surface area contributed by atoms with Gasteiger partial charge < -0.3 is 20.0 Å². The Balaban J connectivity index is 1.59. The lowest BCUT2D eigenvalue weighted by Gasteiger charge is -2.25. The first-order valence-electron chi connectivity index (χ1n) is 11.7. The van der Waals surface area contributed by atoms with Crippen molar-refractivity contribution < 1.29 is 9.59 Å². The molecule has 1 N–H and O–H groups in total. The molecular formula is C26H36N4O2. The van der Waals surface area contributed by atoms with Crippen molar-refractivity contribution in [2.24, 2.45) is 0 Å². The highest BCUT2D eigenvalue weighted by Crippen LogP contribution is 2.16. The number of anilines is 1. The summed E-state index contributed by atoms with van der Waals surface area (Å²) in [6.07, 6.45) is 5.36. The standard InChI is InChI=1S/C26H36N4O2/c1-28(2)20-21-30(19-16-22-10-6-5-7-11-22)26(32)27-24-14-12-23(13-15-24)25(31)29-17-8-3-4-9-18-29/h5-7,10-15H,3-4,8-9,16-21H2,1-2H3,(H,27,32).